The maximum atomic E-state index is 10.3. The summed E-state index contributed by atoms with van der Waals surface area (Å²) in [4.78, 5) is 10.3. The fraction of sp³-hybridized carbons (Fsp3) is 0.462. The number of hydrogen-bond acceptors (Lipinski definition) is 2. The van der Waals surface area contributed by atoms with Crippen molar-refractivity contribution in [1.82, 2.24) is 0 Å². The number of rotatable bonds is 8. The second-order valence-corrected chi connectivity index (χ2v) is 4.80. The number of halogens is 1. The number of hydrogen-bond donors (Lipinski definition) is 1. The van der Waals surface area contributed by atoms with Crippen LogP contribution in [0.25, 0.3) is 0 Å². The first kappa shape index (κ1) is 14.2. The molecule has 3 nitrogen and oxygen atoms in total. The first-order chi connectivity index (χ1) is 8.18. The molecule has 0 amide bonds. The van der Waals surface area contributed by atoms with E-state index in [0.29, 0.717) is 13.2 Å². The van der Waals surface area contributed by atoms with E-state index in [0.717, 1.165) is 29.3 Å². The van der Waals surface area contributed by atoms with Gasteiger partial charge >= 0.3 is 5.97 Å². The molecule has 0 unspecified atom stereocenters. The van der Waals surface area contributed by atoms with E-state index in [4.69, 9.17) is 9.84 Å². The predicted molar refractivity (Wildman–Crippen MR) is 69.9 cm³/mol. The van der Waals surface area contributed by atoms with E-state index in [-0.39, 0.29) is 6.42 Å². The third kappa shape index (κ3) is 7.13. The van der Waals surface area contributed by atoms with E-state index in [9.17, 15) is 4.79 Å². The zero-order chi connectivity index (χ0) is 12.5. The van der Waals surface area contributed by atoms with Crippen molar-refractivity contribution >= 4 is 21.9 Å². The Morgan fingerprint density at radius 3 is 2.82 bits per heavy atom. The molecule has 0 saturated heterocycles. The van der Waals surface area contributed by atoms with Crippen LogP contribution in [0, 0.1) is 0 Å². The van der Waals surface area contributed by atoms with Crippen LogP contribution < -0.4 is 0 Å². The van der Waals surface area contributed by atoms with Crippen LogP contribution in [0.15, 0.2) is 28.7 Å². The molecule has 0 fully saturated rings. The van der Waals surface area contributed by atoms with Crippen molar-refractivity contribution in [3.05, 3.63) is 34.3 Å². The van der Waals surface area contributed by atoms with Gasteiger partial charge in [0, 0.05) is 17.5 Å². The molecule has 0 spiro atoms. The fourth-order valence-corrected chi connectivity index (χ4v) is 1.92. The van der Waals surface area contributed by atoms with Gasteiger partial charge in [-0.25, -0.2) is 0 Å². The van der Waals surface area contributed by atoms with Gasteiger partial charge in [0.05, 0.1) is 6.61 Å². The Hall–Kier alpha value is -0.870. The summed E-state index contributed by atoms with van der Waals surface area (Å²) in [5.41, 5.74) is 1.14. The molecule has 94 valence electrons. The molecule has 1 aromatic carbocycles. The normalized spacial score (nSPS) is 10.4. The molecule has 0 heterocycles. The Morgan fingerprint density at radius 1 is 1.29 bits per heavy atom. The maximum absolute atomic E-state index is 10.3. The van der Waals surface area contributed by atoms with Crippen molar-refractivity contribution in [3.63, 3.8) is 0 Å². The molecular weight excluding hydrogens is 284 g/mol. The average Bonchev–Trinajstić information content (AvgIpc) is 2.27. The first-order valence-corrected chi connectivity index (χ1v) is 6.52. The van der Waals surface area contributed by atoms with Crippen molar-refractivity contribution in [3.8, 4) is 0 Å². The number of carboxylic acids is 1. The van der Waals surface area contributed by atoms with Crippen LogP contribution >= 0.6 is 15.9 Å². The molecule has 0 atom stereocenters. The van der Waals surface area contributed by atoms with E-state index >= 15 is 0 Å². The molecule has 1 aromatic rings. The standard InChI is InChI=1S/C13H17BrO3/c14-12-6-4-5-11(9-12)10-17-8-3-1-2-7-13(15)16/h4-6,9H,1-3,7-8,10H2,(H,15,16). The van der Waals surface area contributed by atoms with Gasteiger partial charge < -0.3 is 9.84 Å². The van der Waals surface area contributed by atoms with E-state index in [1.165, 1.54) is 0 Å². The van der Waals surface area contributed by atoms with Crippen LogP contribution in [0.5, 0.6) is 0 Å². The van der Waals surface area contributed by atoms with Crippen LogP contribution in [-0.4, -0.2) is 17.7 Å². The van der Waals surface area contributed by atoms with E-state index < -0.39 is 5.97 Å². The molecule has 0 saturated carbocycles. The SMILES string of the molecule is O=C(O)CCCCCOCc1cccc(Br)c1. The lowest BCUT2D eigenvalue weighted by Gasteiger charge is -2.04. The van der Waals surface area contributed by atoms with Crippen LogP contribution in [0.2, 0.25) is 0 Å². The third-order valence-electron chi connectivity index (χ3n) is 2.34. The van der Waals surface area contributed by atoms with Crippen LogP contribution in [0.1, 0.15) is 31.2 Å². The lowest BCUT2D eigenvalue weighted by atomic mass is 10.2. The van der Waals surface area contributed by atoms with Gasteiger partial charge in [0.1, 0.15) is 0 Å². The summed E-state index contributed by atoms with van der Waals surface area (Å²) in [5, 5.41) is 8.46. The summed E-state index contributed by atoms with van der Waals surface area (Å²) < 4.78 is 6.57. The van der Waals surface area contributed by atoms with Crippen molar-refractivity contribution in [2.24, 2.45) is 0 Å². The highest BCUT2D eigenvalue weighted by Crippen LogP contribution is 2.12. The van der Waals surface area contributed by atoms with E-state index in [1.807, 2.05) is 24.3 Å². The van der Waals surface area contributed by atoms with Crippen LogP contribution in [0.3, 0.4) is 0 Å². The average molecular weight is 301 g/mol. The van der Waals surface area contributed by atoms with Gasteiger partial charge in [-0.2, -0.15) is 0 Å². The summed E-state index contributed by atoms with van der Waals surface area (Å²) in [7, 11) is 0. The lowest BCUT2D eigenvalue weighted by Crippen LogP contribution is -1.97. The monoisotopic (exact) mass is 300 g/mol. The highest BCUT2D eigenvalue weighted by atomic mass is 79.9. The van der Waals surface area contributed by atoms with Gasteiger partial charge in [-0.05, 0) is 30.5 Å². The minimum Gasteiger partial charge on any atom is -0.481 e. The Balaban J connectivity index is 2.03. The molecule has 1 N–H and O–H groups in total. The first-order valence-electron chi connectivity index (χ1n) is 5.72. The van der Waals surface area contributed by atoms with E-state index in [2.05, 4.69) is 15.9 Å². The Bertz CT molecular complexity index is 352. The number of ether oxygens (including phenoxy) is 1. The van der Waals surface area contributed by atoms with Crippen molar-refractivity contribution < 1.29 is 14.6 Å². The number of carboxylic acid groups (broad SMARTS) is 1. The van der Waals surface area contributed by atoms with Crippen LogP contribution in [0.4, 0.5) is 0 Å². The minimum absolute atomic E-state index is 0.256. The molecule has 1 rings (SSSR count). The maximum Gasteiger partial charge on any atom is 0.303 e. The number of unbranched alkanes of at least 4 members (excludes halogenated alkanes) is 2. The van der Waals surface area contributed by atoms with Crippen molar-refractivity contribution in [1.29, 1.82) is 0 Å². The molecule has 0 radical (unpaired) electrons. The fourth-order valence-electron chi connectivity index (χ4n) is 1.47. The number of benzene rings is 1. The smallest absolute Gasteiger partial charge is 0.303 e. The molecule has 4 heteroatoms. The van der Waals surface area contributed by atoms with Gasteiger partial charge in [-0.1, -0.05) is 34.5 Å². The van der Waals surface area contributed by atoms with Crippen molar-refractivity contribution in [2.45, 2.75) is 32.3 Å². The van der Waals surface area contributed by atoms with Gasteiger partial charge in [0.25, 0.3) is 0 Å². The number of carbonyl (C=O) groups is 1. The predicted octanol–water partition coefficient (Wildman–Crippen LogP) is 3.61. The topological polar surface area (TPSA) is 46.5 Å². The molecular formula is C13H17BrO3. The van der Waals surface area contributed by atoms with Gasteiger partial charge in [-0.3, -0.25) is 4.79 Å². The second kappa shape index (κ2) is 8.25. The molecule has 0 aromatic heterocycles. The van der Waals surface area contributed by atoms with Crippen molar-refractivity contribution in [2.75, 3.05) is 6.61 Å². The largest absolute Gasteiger partial charge is 0.481 e. The van der Waals surface area contributed by atoms with E-state index in [1.54, 1.807) is 0 Å². The summed E-state index contributed by atoms with van der Waals surface area (Å²) in [6.45, 7) is 1.30. The summed E-state index contributed by atoms with van der Waals surface area (Å²) in [5.74, 6) is -0.722. The molecule has 17 heavy (non-hydrogen) atoms. The zero-order valence-corrected chi connectivity index (χ0v) is 11.3. The van der Waals surface area contributed by atoms with Gasteiger partial charge in [-0.15, -0.1) is 0 Å². The highest BCUT2D eigenvalue weighted by Gasteiger charge is 1.97. The Morgan fingerprint density at radius 2 is 2.12 bits per heavy atom. The lowest BCUT2D eigenvalue weighted by molar-refractivity contribution is -0.137. The third-order valence-corrected chi connectivity index (χ3v) is 2.83. The molecule has 0 aliphatic rings. The molecule has 0 aliphatic carbocycles. The number of aliphatic carboxylic acids is 1. The Kier molecular flexibility index (Phi) is 6.89. The minimum atomic E-state index is -0.722. The molecule has 0 bridgehead atoms. The van der Waals surface area contributed by atoms with Crippen LogP contribution in [-0.2, 0) is 16.1 Å². The summed E-state index contributed by atoms with van der Waals surface area (Å²) >= 11 is 3.41. The Labute approximate surface area is 110 Å². The second-order valence-electron chi connectivity index (χ2n) is 3.89. The molecule has 0 aliphatic heterocycles. The van der Waals surface area contributed by atoms with Gasteiger partial charge in [0.2, 0.25) is 0 Å². The summed E-state index contributed by atoms with van der Waals surface area (Å²) in [6, 6.07) is 8.02. The highest BCUT2D eigenvalue weighted by molar-refractivity contribution is 9.10. The summed E-state index contributed by atoms with van der Waals surface area (Å²) in [6.07, 6.45) is 2.81. The quantitative estimate of drug-likeness (QED) is 0.746. The van der Waals surface area contributed by atoms with Gasteiger partial charge in [0.15, 0.2) is 0 Å². The zero-order valence-electron chi connectivity index (χ0n) is 9.69.